The van der Waals surface area contributed by atoms with Gasteiger partial charge in [-0.2, -0.15) is 0 Å². The van der Waals surface area contributed by atoms with E-state index in [1.165, 1.54) is 5.56 Å². The summed E-state index contributed by atoms with van der Waals surface area (Å²) in [5, 5.41) is 0. The van der Waals surface area contributed by atoms with Crippen LogP contribution in [0.25, 0.3) is 0 Å². The highest BCUT2D eigenvalue weighted by Gasteiger charge is 2.35. The molecule has 2 aromatic rings. The van der Waals surface area contributed by atoms with E-state index in [9.17, 15) is 4.79 Å². The molecule has 148 valence electrons. The van der Waals surface area contributed by atoms with Gasteiger partial charge in [-0.3, -0.25) is 4.79 Å². The number of aldehydes is 1. The average Bonchev–Trinajstić information content (AvgIpc) is 2.71. The molecular weight excluding hydrogens is 352 g/mol. The van der Waals surface area contributed by atoms with Crippen molar-refractivity contribution >= 4 is 6.29 Å². The number of benzene rings is 2. The van der Waals surface area contributed by atoms with Crippen molar-refractivity contribution in [3.8, 4) is 17.2 Å². The minimum absolute atomic E-state index is 0.413. The van der Waals surface area contributed by atoms with Crippen molar-refractivity contribution in [2.75, 3.05) is 13.2 Å². The van der Waals surface area contributed by atoms with Gasteiger partial charge in [0, 0.05) is 11.1 Å². The minimum atomic E-state index is -0.413. The van der Waals surface area contributed by atoms with Gasteiger partial charge < -0.3 is 14.2 Å². The minimum Gasteiger partial charge on any atom is -0.489 e. The molecule has 28 heavy (non-hydrogen) atoms. The van der Waals surface area contributed by atoms with E-state index in [1.807, 2.05) is 12.1 Å². The first-order valence-corrected chi connectivity index (χ1v) is 9.62. The van der Waals surface area contributed by atoms with E-state index in [1.54, 1.807) is 18.2 Å². The van der Waals surface area contributed by atoms with Crippen LogP contribution in [0, 0.1) is 20.8 Å². The topological polar surface area (TPSA) is 44.8 Å². The SMILES string of the molecule is C=CCOc1c(C)c(C)c2c(c1C)CCC(C)(COc1ccc(C=O)cc1)O2. The van der Waals surface area contributed by atoms with Crippen LogP contribution in [-0.4, -0.2) is 25.1 Å². The summed E-state index contributed by atoms with van der Waals surface area (Å²) in [6, 6.07) is 7.13. The summed E-state index contributed by atoms with van der Waals surface area (Å²) in [5.74, 6) is 2.63. The second-order valence-electron chi connectivity index (χ2n) is 7.64. The third kappa shape index (κ3) is 3.91. The van der Waals surface area contributed by atoms with Crippen molar-refractivity contribution in [1.82, 2.24) is 0 Å². The maximum Gasteiger partial charge on any atom is 0.150 e. The molecule has 1 aliphatic heterocycles. The Morgan fingerprint density at radius 2 is 1.82 bits per heavy atom. The third-order valence-corrected chi connectivity index (χ3v) is 5.47. The van der Waals surface area contributed by atoms with Crippen molar-refractivity contribution in [2.45, 2.75) is 46.1 Å². The van der Waals surface area contributed by atoms with Gasteiger partial charge in [0.05, 0.1) is 0 Å². The van der Waals surface area contributed by atoms with Crippen LogP contribution in [-0.2, 0) is 6.42 Å². The smallest absolute Gasteiger partial charge is 0.150 e. The zero-order valence-corrected chi connectivity index (χ0v) is 17.1. The average molecular weight is 380 g/mol. The van der Waals surface area contributed by atoms with E-state index >= 15 is 0 Å². The molecule has 3 rings (SSSR count). The summed E-state index contributed by atoms with van der Waals surface area (Å²) < 4.78 is 18.4. The summed E-state index contributed by atoms with van der Waals surface area (Å²) in [6.07, 6.45) is 4.36. The van der Waals surface area contributed by atoms with E-state index in [-0.39, 0.29) is 0 Å². The number of carbonyl (C=O) groups excluding carboxylic acids is 1. The Morgan fingerprint density at radius 3 is 2.46 bits per heavy atom. The van der Waals surface area contributed by atoms with Crippen molar-refractivity contribution in [2.24, 2.45) is 0 Å². The summed E-state index contributed by atoms with van der Waals surface area (Å²) in [6.45, 7) is 13.0. The molecule has 2 aromatic carbocycles. The summed E-state index contributed by atoms with van der Waals surface area (Å²) in [4.78, 5) is 10.8. The van der Waals surface area contributed by atoms with Gasteiger partial charge in [-0.05, 0) is 81.5 Å². The standard InChI is InChI=1S/C24H28O4/c1-6-13-26-22-16(2)17(3)23-21(18(22)4)11-12-24(5,28-23)15-27-20-9-7-19(14-25)8-10-20/h6-10,14H,1,11-13,15H2,2-5H3. The van der Waals surface area contributed by atoms with Gasteiger partial charge in [0.15, 0.2) is 0 Å². The quantitative estimate of drug-likeness (QED) is 0.492. The zero-order valence-electron chi connectivity index (χ0n) is 17.1. The number of hydrogen-bond donors (Lipinski definition) is 0. The van der Waals surface area contributed by atoms with Crippen LogP contribution < -0.4 is 14.2 Å². The van der Waals surface area contributed by atoms with Gasteiger partial charge in [0.2, 0.25) is 0 Å². The van der Waals surface area contributed by atoms with E-state index in [2.05, 4.69) is 34.3 Å². The number of carbonyl (C=O) groups is 1. The van der Waals surface area contributed by atoms with Crippen molar-refractivity contribution in [1.29, 1.82) is 0 Å². The molecule has 1 unspecified atom stereocenters. The van der Waals surface area contributed by atoms with Crippen LogP contribution in [0.3, 0.4) is 0 Å². The van der Waals surface area contributed by atoms with E-state index in [4.69, 9.17) is 14.2 Å². The molecule has 1 aliphatic rings. The van der Waals surface area contributed by atoms with Crippen molar-refractivity contribution in [3.05, 3.63) is 64.7 Å². The molecule has 0 fully saturated rings. The fourth-order valence-corrected chi connectivity index (χ4v) is 3.62. The molecule has 0 amide bonds. The Kier molecular flexibility index (Phi) is 5.78. The monoisotopic (exact) mass is 380 g/mol. The van der Waals surface area contributed by atoms with Gasteiger partial charge >= 0.3 is 0 Å². The normalized spacial score (nSPS) is 18.0. The second kappa shape index (κ2) is 8.09. The van der Waals surface area contributed by atoms with Crippen LogP contribution >= 0.6 is 0 Å². The third-order valence-electron chi connectivity index (χ3n) is 5.47. The molecule has 0 saturated carbocycles. The van der Waals surface area contributed by atoms with Crippen molar-refractivity contribution in [3.63, 3.8) is 0 Å². The predicted molar refractivity (Wildman–Crippen MR) is 111 cm³/mol. The molecule has 0 N–H and O–H groups in total. The first kappa shape index (κ1) is 20.0. The summed E-state index contributed by atoms with van der Waals surface area (Å²) in [5.41, 5.74) is 4.80. The Hall–Kier alpha value is -2.75. The number of hydrogen-bond acceptors (Lipinski definition) is 4. The summed E-state index contributed by atoms with van der Waals surface area (Å²) >= 11 is 0. The van der Waals surface area contributed by atoms with Gasteiger partial charge in [0.25, 0.3) is 0 Å². The van der Waals surface area contributed by atoms with Crippen LogP contribution in [0.1, 0.15) is 46.0 Å². The number of fused-ring (bicyclic) bond motifs is 1. The lowest BCUT2D eigenvalue weighted by molar-refractivity contribution is 0.0166. The van der Waals surface area contributed by atoms with Crippen LogP contribution in [0.2, 0.25) is 0 Å². The van der Waals surface area contributed by atoms with Crippen LogP contribution in [0.4, 0.5) is 0 Å². The lowest BCUT2D eigenvalue weighted by atomic mass is 9.87. The molecule has 0 radical (unpaired) electrons. The predicted octanol–water partition coefficient (Wildman–Crippen LogP) is 5.15. The molecule has 1 atom stereocenters. The fraction of sp³-hybridized carbons (Fsp3) is 0.375. The lowest BCUT2D eigenvalue weighted by Gasteiger charge is -2.38. The van der Waals surface area contributed by atoms with Crippen LogP contribution in [0.5, 0.6) is 17.2 Å². The maximum atomic E-state index is 10.8. The highest BCUT2D eigenvalue weighted by molar-refractivity contribution is 5.74. The molecule has 0 aliphatic carbocycles. The van der Waals surface area contributed by atoms with E-state index in [0.29, 0.717) is 18.8 Å². The Labute approximate surface area is 167 Å². The molecular formula is C24H28O4. The molecule has 0 saturated heterocycles. The molecule has 0 aromatic heterocycles. The highest BCUT2D eigenvalue weighted by atomic mass is 16.5. The maximum absolute atomic E-state index is 10.8. The highest BCUT2D eigenvalue weighted by Crippen LogP contribution is 2.43. The molecule has 0 spiro atoms. The van der Waals surface area contributed by atoms with Gasteiger partial charge in [0.1, 0.15) is 42.3 Å². The zero-order chi connectivity index (χ0) is 20.3. The first-order valence-electron chi connectivity index (χ1n) is 9.62. The lowest BCUT2D eigenvalue weighted by Crippen LogP contribution is -2.42. The number of ether oxygens (including phenoxy) is 3. The van der Waals surface area contributed by atoms with Gasteiger partial charge in [-0.1, -0.05) is 12.7 Å². The van der Waals surface area contributed by atoms with E-state index < -0.39 is 5.60 Å². The van der Waals surface area contributed by atoms with Gasteiger partial charge in [-0.25, -0.2) is 0 Å². The molecule has 4 nitrogen and oxygen atoms in total. The summed E-state index contributed by atoms with van der Waals surface area (Å²) in [7, 11) is 0. The molecule has 0 bridgehead atoms. The Morgan fingerprint density at radius 1 is 1.11 bits per heavy atom. The Bertz CT molecular complexity index is 883. The first-order chi connectivity index (χ1) is 13.4. The Balaban J connectivity index is 1.80. The number of rotatable bonds is 7. The van der Waals surface area contributed by atoms with Gasteiger partial charge in [-0.15, -0.1) is 0 Å². The largest absolute Gasteiger partial charge is 0.489 e. The van der Waals surface area contributed by atoms with E-state index in [0.717, 1.165) is 53.1 Å². The molecule has 4 heteroatoms. The van der Waals surface area contributed by atoms with Crippen molar-refractivity contribution < 1.29 is 19.0 Å². The van der Waals surface area contributed by atoms with Crippen LogP contribution in [0.15, 0.2) is 36.9 Å². The fourth-order valence-electron chi connectivity index (χ4n) is 3.62. The second-order valence-corrected chi connectivity index (χ2v) is 7.64. The molecule has 1 heterocycles.